The summed E-state index contributed by atoms with van der Waals surface area (Å²) in [7, 11) is 0. The Hall–Kier alpha value is -0.220. The molecule has 0 aliphatic rings. The molecule has 3 nitrogen and oxygen atoms in total. The van der Waals surface area contributed by atoms with Gasteiger partial charge in [0.2, 0.25) is 0 Å². The van der Waals surface area contributed by atoms with Crippen LogP contribution in [0.25, 0.3) is 0 Å². The van der Waals surface area contributed by atoms with Crippen LogP contribution in [0.4, 0.5) is 5.82 Å². The summed E-state index contributed by atoms with van der Waals surface area (Å²) in [5.74, 6) is 0.519. The van der Waals surface area contributed by atoms with Crippen molar-refractivity contribution in [3.8, 4) is 0 Å². The Morgan fingerprint density at radius 2 is 2.07 bits per heavy atom. The molecule has 0 fully saturated rings. The quantitative estimate of drug-likeness (QED) is 0.656. The molecule has 0 aliphatic heterocycles. The highest BCUT2D eigenvalue weighted by molar-refractivity contribution is 6.42. The van der Waals surface area contributed by atoms with Crippen molar-refractivity contribution in [2.75, 3.05) is 25.1 Å². The van der Waals surface area contributed by atoms with E-state index in [1.807, 2.05) is 6.92 Å². The fraction of sp³-hybridized carbons (Fsp3) is 0.444. The second-order valence-corrected chi connectivity index (χ2v) is 3.89. The minimum Gasteiger partial charge on any atom is -0.380 e. The van der Waals surface area contributed by atoms with E-state index in [1.165, 1.54) is 0 Å². The molecule has 6 heteroatoms. The van der Waals surface area contributed by atoms with Crippen LogP contribution in [0.2, 0.25) is 15.2 Å². The first kappa shape index (κ1) is 12.8. The SMILES string of the molecule is CCOCCNc1nc(Cl)c(Cl)cc1Cl. The van der Waals surface area contributed by atoms with Crippen molar-refractivity contribution in [3.63, 3.8) is 0 Å². The summed E-state index contributed by atoms with van der Waals surface area (Å²) in [4.78, 5) is 4.00. The van der Waals surface area contributed by atoms with Crippen LogP contribution in [-0.2, 0) is 4.74 Å². The first-order valence-electron chi connectivity index (χ1n) is 4.48. The topological polar surface area (TPSA) is 34.1 Å². The van der Waals surface area contributed by atoms with Gasteiger partial charge >= 0.3 is 0 Å². The van der Waals surface area contributed by atoms with Gasteiger partial charge in [-0.15, -0.1) is 0 Å². The van der Waals surface area contributed by atoms with Crippen molar-refractivity contribution in [1.29, 1.82) is 0 Å². The highest BCUT2D eigenvalue weighted by atomic mass is 35.5. The van der Waals surface area contributed by atoms with Crippen LogP contribution in [0.1, 0.15) is 6.92 Å². The Morgan fingerprint density at radius 1 is 1.33 bits per heavy atom. The highest BCUT2D eigenvalue weighted by Gasteiger charge is 2.06. The molecule has 0 amide bonds. The van der Waals surface area contributed by atoms with Gasteiger partial charge in [-0.3, -0.25) is 0 Å². The number of halogens is 3. The van der Waals surface area contributed by atoms with Crippen molar-refractivity contribution in [3.05, 3.63) is 21.3 Å². The fourth-order valence-electron chi connectivity index (χ4n) is 0.954. The number of rotatable bonds is 5. The molecule has 0 aliphatic carbocycles. The smallest absolute Gasteiger partial charge is 0.150 e. The lowest BCUT2D eigenvalue weighted by Crippen LogP contribution is -2.10. The minimum atomic E-state index is 0.236. The zero-order chi connectivity index (χ0) is 11.3. The van der Waals surface area contributed by atoms with Gasteiger partial charge in [-0.05, 0) is 13.0 Å². The number of nitrogens with zero attached hydrogens (tertiary/aromatic N) is 1. The van der Waals surface area contributed by atoms with Crippen LogP contribution in [0.3, 0.4) is 0 Å². The molecule has 0 bridgehead atoms. The predicted octanol–water partition coefficient (Wildman–Crippen LogP) is 3.49. The average molecular weight is 270 g/mol. The highest BCUT2D eigenvalue weighted by Crippen LogP contribution is 2.28. The maximum Gasteiger partial charge on any atom is 0.150 e. The molecule has 0 radical (unpaired) electrons. The van der Waals surface area contributed by atoms with E-state index in [2.05, 4.69) is 10.3 Å². The maximum atomic E-state index is 5.91. The standard InChI is InChI=1S/C9H11Cl3N2O/c1-2-15-4-3-13-9-7(11)5-6(10)8(12)14-9/h5H,2-4H2,1H3,(H,13,14). The van der Waals surface area contributed by atoms with Crippen LogP contribution < -0.4 is 5.32 Å². The van der Waals surface area contributed by atoms with Gasteiger partial charge in [0.15, 0.2) is 0 Å². The normalized spacial score (nSPS) is 10.4. The van der Waals surface area contributed by atoms with E-state index in [0.717, 1.165) is 0 Å². The Labute approximate surface area is 104 Å². The van der Waals surface area contributed by atoms with Crippen LogP contribution in [-0.4, -0.2) is 24.7 Å². The van der Waals surface area contributed by atoms with E-state index >= 15 is 0 Å². The van der Waals surface area contributed by atoms with Crippen LogP contribution in [0.15, 0.2) is 6.07 Å². The summed E-state index contributed by atoms with van der Waals surface area (Å²) in [6, 6.07) is 1.56. The summed E-state index contributed by atoms with van der Waals surface area (Å²) in [5, 5.41) is 4.03. The molecule has 0 atom stereocenters. The van der Waals surface area contributed by atoms with Crippen LogP contribution >= 0.6 is 34.8 Å². The molecule has 1 rings (SSSR count). The molecule has 1 aromatic heterocycles. The number of hydrogen-bond acceptors (Lipinski definition) is 3. The van der Waals surface area contributed by atoms with Gasteiger partial charge in [0.1, 0.15) is 11.0 Å². The monoisotopic (exact) mass is 268 g/mol. The van der Waals surface area contributed by atoms with E-state index in [1.54, 1.807) is 6.07 Å². The molecule has 1 aromatic rings. The van der Waals surface area contributed by atoms with E-state index in [-0.39, 0.29) is 5.15 Å². The second kappa shape index (κ2) is 6.38. The summed E-state index contributed by atoms with van der Waals surface area (Å²) in [6.45, 7) is 3.84. The molecule has 0 aromatic carbocycles. The largest absolute Gasteiger partial charge is 0.380 e. The maximum absolute atomic E-state index is 5.91. The van der Waals surface area contributed by atoms with Gasteiger partial charge in [0.05, 0.1) is 16.7 Å². The fourth-order valence-corrected chi connectivity index (χ4v) is 1.52. The van der Waals surface area contributed by atoms with E-state index in [0.29, 0.717) is 35.6 Å². The van der Waals surface area contributed by atoms with Crippen molar-refractivity contribution >= 4 is 40.6 Å². The first-order valence-corrected chi connectivity index (χ1v) is 5.61. The summed E-state index contributed by atoms with van der Waals surface area (Å²) in [5.41, 5.74) is 0. The van der Waals surface area contributed by atoms with Crippen LogP contribution in [0.5, 0.6) is 0 Å². The first-order chi connectivity index (χ1) is 7.15. The summed E-state index contributed by atoms with van der Waals surface area (Å²) < 4.78 is 5.16. The number of pyridine rings is 1. The molecule has 0 saturated carbocycles. The summed E-state index contributed by atoms with van der Waals surface area (Å²) in [6.07, 6.45) is 0. The molecule has 1 N–H and O–H groups in total. The van der Waals surface area contributed by atoms with Crippen molar-refractivity contribution in [2.45, 2.75) is 6.92 Å². The van der Waals surface area contributed by atoms with E-state index in [4.69, 9.17) is 39.5 Å². The molecule has 0 unspecified atom stereocenters. The number of ether oxygens (including phenoxy) is 1. The Balaban J connectivity index is 2.57. The van der Waals surface area contributed by atoms with Crippen molar-refractivity contribution in [1.82, 2.24) is 4.98 Å². The van der Waals surface area contributed by atoms with Gasteiger partial charge < -0.3 is 10.1 Å². The van der Waals surface area contributed by atoms with Gasteiger partial charge in [-0.25, -0.2) is 4.98 Å². The third-order valence-electron chi connectivity index (χ3n) is 1.63. The number of nitrogens with one attached hydrogen (secondary N) is 1. The molecular formula is C9H11Cl3N2O. The van der Waals surface area contributed by atoms with Crippen molar-refractivity contribution < 1.29 is 4.74 Å². The van der Waals surface area contributed by atoms with Gasteiger partial charge in [-0.1, -0.05) is 34.8 Å². The predicted molar refractivity (Wildman–Crippen MR) is 64.2 cm³/mol. The molecule has 0 saturated heterocycles. The zero-order valence-corrected chi connectivity index (χ0v) is 10.5. The van der Waals surface area contributed by atoms with Gasteiger partial charge in [0, 0.05) is 13.2 Å². The number of aromatic nitrogens is 1. The molecule has 0 spiro atoms. The van der Waals surface area contributed by atoms with E-state index < -0.39 is 0 Å². The third kappa shape index (κ3) is 4.03. The zero-order valence-electron chi connectivity index (χ0n) is 8.19. The average Bonchev–Trinajstić information content (AvgIpc) is 2.20. The van der Waals surface area contributed by atoms with Gasteiger partial charge in [0.25, 0.3) is 0 Å². The van der Waals surface area contributed by atoms with Gasteiger partial charge in [-0.2, -0.15) is 0 Å². The lowest BCUT2D eigenvalue weighted by Gasteiger charge is -2.08. The molecule has 84 valence electrons. The van der Waals surface area contributed by atoms with E-state index in [9.17, 15) is 0 Å². The van der Waals surface area contributed by atoms with Crippen LogP contribution in [0, 0.1) is 0 Å². The Morgan fingerprint density at radius 3 is 2.73 bits per heavy atom. The second-order valence-electron chi connectivity index (χ2n) is 2.72. The molecular weight excluding hydrogens is 258 g/mol. The number of hydrogen-bond donors (Lipinski definition) is 1. The Kier molecular flexibility index (Phi) is 5.47. The Bertz CT molecular complexity index is 333. The lowest BCUT2D eigenvalue weighted by atomic mass is 10.4. The minimum absolute atomic E-state index is 0.236. The lowest BCUT2D eigenvalue weighted by molar-refractivity contribution is 0.158. The number of anilines is 1. The molecule has 15 heavy (non-hydrogen) atoms. The third-order valence-corrected chi connectivity index (χ3v) is 2.59. The summed E-state index contributed by atoms with van der Waals surface area (Å²) >= 11 is 17.4. The van der Waals surface area contributed by atoms with Crippen molar-refractivity contribution in [2.24, 2.45) is 0 Å². The molecule has 1 heterocycles.